The molecule has 1 atom stereocenters. The third-order valence-corrected chi connectivity index (χ3v) is 7.26. The number of aromatic nitrogens is 3. The van der Waals surface area contributed by atoms with E-state index in [1.807, 2.05) is 13.0 Å². The first kappa shape index (κ1) is 24.7. The van der Waals surface area contributed by atoms with Crippen LogP contribution in [0.4, 0.5) is 23.4 Å². The number of nitrogens with zero attached hydrogens (tertiary/aromatic N) is 3. The molecule has 1 aliphatic carbocycles. The van der Waals surface area contributed by atoms with Gasteiger partial charge in [-0.15, -0.1) is 0 Å². The minimum absolute atomic E-state index is 0.0406. The Labute approximate surface area is 211 Å². The molecule has 36 heavy (non-hydrogen) atoms. The fourth-order valence-corrected chi connectivity index (χ4v) is 5.56. The predicted octanol–water partition coefficient (Wildman–Crippen LogP) is 8.15. The molecule has 0 spiro atoms. The number of halogens is 5. The maximum absolute atomic E-state index is 13.9. The quantitative estimate of drug-likeness (QED) is 0.215. The van der Waals surface area contributed by atoms with E-state index in [1.54, 1.807) is 18.3 Å². The highest BCUT2D eigenvalue weighted by Crippen LogP contribution is 2.40. The van der Waals surface area contributed by atoms with Crippen LogP contribution in [0, 0.1) is 11.7 Å². The van der Waals surface area contributed by atoms with Gasteiger partial charge in [0.25, 0.3) is 0 Å². The predicted molar refractivity (Wildman–Crippen MR) is 134 cm³/mol. The summed E-state index contributed by atoms with van der Waals surface area (Å²) in [6.45, 7) is 2.04. The zero-order chi connectivity index (χ0) is 25.4. The summed E-state index contributed by atoms with van der Waals surface area (Å²) in [5, 5.41) is 4.62. The van der Waals surface area contributed by atoms with Crippen molar-refractivity contribution < 1.29 is 17.6 Å². The van der Waals surface area contributed by atoms with Gasteiger partial charge >= 0.3 is 6.18 Å². The maximum Gasteiger partial charge on any atom is 0.416 e. The second-order valence-electron chi connectivity index (χ2n) is 9.63. The number of rotatable bonds is 5. The molecule has 188 valence electrons. The summed E-state index contributed by atoms with van der Waals surface area (Å²) < 4.78 is 53.2. The van der Waals surface area contributed by atoms with Crippen molar-refractivity contribution in [2.45, 2.75) is 57.2 Å². The topological polar surface area (TPSA) is 50.7 Å². The smallest absolute Gasteiger partial charge is 0.367 e. The van der Waals surface area contributed by atoms with E-state index in [0.717, 1.165) is 60.7 Å². The zero-order valence-electron chi connectivity index (χ0n) is 19.6. The van der Waals surface area contributed by atoms with Crippen LogP contribution in [0.25, 0.3) is 21.8 Å². The van der Waals surface area contributed by atoms with Gasteiger partial charge in [-0.05, 0) is 110 Å². The monoisotopic (exact) mass is 516 g/mol. The molecule has 0 aliphatic heterocycles. The summed E-state index contributed by atoms with van der Waals surface area (Å²) in [6.07, 6.45) is 2.32. The number of pyridine rings is 1. The fourth-order valence-electron chi connectivity index (χ4n) is 5.38. The molecule has 5 rings (SSSR count). The van der Waals surface area contributed by atoms with Crippen molar-refractivity contribution in [2.24, 2.45) is 5.92 Å². The highest BCUT2D eigenvalue weighted by molar-refractivity contribution is 6.28. The highest BCUT2D eigenvalue weighted by Gasteiger charge is 2.31. The molecular weight excluding hydrogens is 492 g/mol. The Kier molecular flexibility index (Phi) is 6.72. The van der Waals surface area contributed by atoms with Gasteiger partial charge in [-0.3, -0.25) is 4.98 Å². The van der Waals surface area contributed by atoms with Gasteiger partial charge in [0.2, 0.25) is 5.28 Å². The van der Waals surface area contributed by atoms with Gasteiger partial charge in [-0.25, -0.2) is 14.4 Å². The summed E-state index contributed by atoms with van der Waals surface area (Å²) in [5.74, 6) is 1.04. The van der Waals surface area contributed by atoms with E-state index < -0.39 is 11.7 Å². The molecule has 4 nitrogen and oxygen atoms in total. The maximum atomic E-state index is 13.9. The summed E-state index contributed by atoms with van der Waals surface area (Å²) in [7, 11) is 0. The minimum atomic E-state index is -4.46. The molecule has 0 bridgehead atoms. The Balaban J connectivity index is 1.25. The Morgan fingerprint density at radius 3 is 2.50 bits per heavy atom. The minimum Gasteiger partial charge on any atom is -0.367 e. The lowest BCUT2D eigenvalue weighted by Crippen LogP contribution is -2.23. The third kappa shape index (κ3) is 5.24. The largest absolute Gasteiger partial charge is 0.416 e. The normalized spacial score (nSPS) is 19.5. The average molecular weight is 517 g/mol. The number of alkyl halides is 3. The van der Waals surface area contributed by atoms with E-state index in [2.05, 4.69) is 20.3 Å². The Hall–Kier alpha value is -3.00. The molecular formula is C27H25ClF4N4. The van der Waals surface area contributed by atoms with Crippen LogP contribution in [0.5, 0.6) is 0 Å². The molecule has 9 heteroatoms. The standard InChI is InChI=1S/C27H25ClF4N4/c1-15(34-25-21-8-6-18(27(30,31)32)13-24(21)35-26(28)36-25)12-16-2-4-17(5-3-16)20-10-11-33-23-9-7-19(29)14-22(20)23/h6-11,13-17H,2-5,12H2,1H3,(H,34,35,36)/t15-,16-,17-/m1/s1. The van der Waals surface area contributed by atoms with E-state index in [-0.39, 0.29) is 22.7 Å². The van der Waals surface area contributed by atoms with Gasteiger partial charge in [0.05, 0.1) is 16.6 Å². The molecule has 0 radical (unpaired) electrons. The number of hydrogen-bond acceptors (Lipinski definition) is 4. The first-order valence-electron chi connectivity index (χ1n) is 12.0. The first-order valence-corrected chi connectivity index (χ1v) is 12.4. The van der Waals surface area contributed by atoms with E-state index in [1.165, 1.54) is 12.1 Å². The number of fused-ring (bicyclic) bond motifs is 2. The van der Waals surface area contributed by atoms with Gasteiger partial charge in [-0.1, -0.05) is 0 Å². The number of hydrogen-bond donors (Lipinski definition) is 1. The molecule has 1 fully saturated rings. The van der Waals surface area contributed by atoms with E-state index >= 15 is 0 Å². The van der Waals surface area contributed by atoms with Crippen molar-refractivity contribution >= 4 is 39.2 Å². The van der Waals surface area contributed by atoms with Gasteiger partial charge in [-0.2, -0.15) is 13.2 Å². The molecule has 2 aromatic carbocycles. The first-order chi connectivity index (χ1) is 17.2. The summed E-state index contributed by atoms with van der Waals surface area (Å²) in [6, 6.07) is 10.2. The SMILES string of the molecule is C[C@H](C[C@H]1CC[C@H](c2ccnc3ccc(F)cc32)CC1)Nc1nc(Cl)nc2cc(C(F)(F)F)ccc12. The van der Waals surface area contributed by atoms with Crippen molar-refractivity contribution in [1.29, 1.82) is 0 Å². The van der Waals surface area contributed by atoms with Gasteiger partial charge in [0.15, 0.2) is 0 Å². The Morgan fingerprint density at radius 2 is 1.75 bits per heavy atom. The Morgan fingerprint density at radius 1 is 0.972 bits per heavy atom. The zero-order valence-corrected chi connectivity index (χ0v) is 20.4. The lowest BCUT2D eigenvalue weighted by atomic mass is 9.76. The van der Waals surface area contributed by atoms with E-state index in [0.29, 0.717) is 23.0 Å². The highest BCUT2D eigenvalue weighted by atomic mass is 35.5. The molecule has 0 saturated heterocycles. The Bertz CT molecular complexity index is 1400. The molecule has 1 aliphatic rings. The van der Waals surface area contributed by atoms with Crippen molar-refractivity contribution in [2.75, 3.05) is 5.32 Å². The van der Waals surface area contributed by atoms with Gasteiger partial charge in [0, 0.05) is 23.0 Å². The van der Waals surface area contributed by atoms with Gasteiger partial charge < -0.3 is 5.32 Å². The van der Waals surface area contributed by atoms with Crippen molar-refractivity contribution in [3.05, 3.63) is 70.9 Å². The van der Waals surface area contributed by atoms with Crippen LogP contribution in [0.2, 0.25) is 5.28 Å². The van der Waals surface area contributed by atoms with E-state index in [9.17, 15) is 17.6 Å². The molecule has 2 heterocycles. The van der Waals surface area contributed by atoms with Crippen LogP contribution < -0.4 is 5.32 Å². The molecule has 1 saturated carbocycles. The second-order valence-corrected chi connectivity index (χ2v) is 9.97. The average Bonchev–Trinajstić information content (AvgIpc) is 2.83. The fraction of sp³-hybridized carbons (Fsp3) is 0.370. The molecule has 1 N–H and O–H groups in total. The van der Waals surface area contributed by atoms with Crippen LogP contribution in [-0.4, -0.2) is 21.0 Å². The van der Waals surface area contributed by atoms with Gasteiger partial charge in [0.1, 0.15) is 11.6 Å². The van der Waals surface area contributed by atoms with Crippen molar-refractivity contribution in [3.8, 4) is 0 Å². The lowest BCUT2D eigenvalue weighted by Gasteiger charge is -2.31. The van der Waals surface area contributed by atoms with Crippen LogP contribution in [0.15, 0.2) is 48.7 Å². The van der Waals surface area contributed by atoms with Crippen molar-refractivity contribution in [3.63, 3.8) is 0 Å². The van der Waals surface area contributed by atoms with E-state index in [4.69, 9.17) is 11.6 Å². The van der Waals surface area contributed by atoms with Crippen LogP contribution in [-0.2, 0) is 6.18 Å². The number of benzene rings is 2. The summed E-state index contributed by atoms with van der Waals surface area (Å²) in [4.78, 5) is 12.6. The van der Waals surface area contributed by atoms with Crippen LogP contribution >= 0.6 is 11.6 Å². The second kappa shape index (κ2) is 9.81. The number of anilines is 1. The molecule has 4 aromatic rings. The summed E-state index contributed by atoms with van der Waals surface area (Å²) >= 11 is 6.02. The lowest BCUT2D eigenvalue weighted by molar-refractivity contribution is -0.137. The van der Waals surface area contributed by atoms with Crippen molar-refractivity contribution in [1.82, 2.24) is 15.0 Å². The van der Waals surface area contributed by atoms with Crippen LogP contribution in [0.1, 0.15) is 56.1 Å². The molecule has 0 amide bonds. The molecule has 0 unspecified atom stereocenters. The van der Waals surface area contributed by atoms with Crippen LogP contribution in [0.3, 0.4) is 0 Å². The summed E-state index contributed by atoms with van der Waals surface area (Å²) in [5.41, 5.74) is 1.35. The third-order valence-electron chi connectivity index (χ3n) is 7.09. The number of nitrogens with one attached hydrogen (secondary N) is 1. The molecule has 2 aromatic heterocycles.